The molecule has 1 aromatic heterocycles. The lowest BCUT2D eigenvalue weighted by Gasteiger charge is -2.18. The number of hydrogen-bond acceptors (Lipinski definition) is 2. The van der Waals surface area contributed by atoms with E-state index in [0.717, 1.165) is 19.4 Å². The zero-order valence-corrected chi connectivity index (χ0v) is 7.45. The van der Waals surface area contributed by atoms with E-state index in [9.17, 15) is 0 Å². The van der Waals surface area contributed by atoms with Crippen LogP contribution in [0.25, 0.3) is 0 Å². The Morgan fingerprint density at radius 2 is 2.58 bits per heavy atom. The van der Waals surface area contributed by atoms with E-state index in [1.54, 1.807) is 0 Å². The standard InChI is InChI=1S/C9H15N3/c1-2-12-9-5-3-4-8(10)7(9)6-11-12/h6,8H,2-5,10H2,1H3/t8-/m1/s1. The van der Waals surface area contributed by atoms with Crippen molar-refractivity contribution < 1.29 is 0 Å². The minimum absolute atomic E-state index is 0.231. The van der Waals surface area contributed by atoms with Gasteiger partial charge in [0.25, 0.3) is 0 Å². The molecular formula is C9H15N3. The maximum atomic E-state index is 5.96. The number of nitrogens with two attached hydrogens (primary N) is 1. The number of hydrogen-bond donors (Lipinski definition) is 1. The molecule has 0 aromatic carbocycles. The zero-order chi connectivity index (χ0) is 8.55. The van der Waals surface area contributed by atoms with Crippen molar-refractivity contribution in [2.45, 2.75) is 38.8 Å². The van der Waals surface area contributed by atoms with Crippen molar-refractivity contribution >= 4 is 0 Å². The Labute approximate surface area is 72.6 Å². The molecule has 0 amide bonds. The fourth-order valence-electron chi connectivity index (χ4n) is 1.93. The van der Waals surface area contributed by atoms with Crippen LogP contribution in [-0.2, 0) is 13.0 Å². The third-order valence-corrected chi connectivity index (χ3v) is 2.61. The van der Waals surface area contributed by atoms with E-state index < -0.39 is 0 Å². The van der Waals surface area contributed by atoms with Gasteiger partial charge in [-0.15, -0.1) is 0 Å². The summed E-state index contributed by atoms with van der Waals surface area (Å²) < 4.78 is 2.06. The van der Waals surface area contributed by atoms with Gasteiger partial charge in [0, 0.05) is 23.8 Å². The van der Waals surface area contributed by atoms with E-state index in [-0.39, 0.29) is 6.04 Å². The predicted molar refractivity (Wildman–Crippen MR) is 47.8 cm³/mol. The van der Waals surface area contributed by atoms with Crippen molar-refractivity contribution in [3.05, 3.63) is 17.5 Å². The molecule has 1 atom stereocenters. The molecule has 1 aliphatic rings. The molecule has 0 radical (unpaired) electrons. The van der Waals surface area contributed by atoms with E-state index in [4.69, 9.17) is 5.73 Å². The molecular weight excluding hydrogens is 150 g/mol. The van der Waals surface area contributed by atoms with Crippen LogP contribution in [0.3, 0.4) is 0 Å². The SMILES string of the molecule is CCn1ncc2c1CCC[C@H]2N. The van der Waals surface area contributed by atoms with Crippen molar-refractivity contribution in [1.29, 1.82) is 0 Å². The summed E-state index contributed by atoms with van der Waals surface area (Å²) in [6.07, 6.45) is 5.40. The van der Waals surface area contributed by atoms with E-state index in [2.05, 4.69) is 16.7 Å². The van der Waals surface area contributed by atoms with Gasteiger partial charge in [0.1, 0.15) is 0 Å². The van der Waals surface area contributed by atoms with Crippen LogP contribution in [0.15, 0.2) is 6.20 Å². The first-order valence-electron chi connectivity index (χ1n) is 4.63. The Morgan fingerprint density at radius 1 is 1.75 bits per heavy atom. The fourth-order valence-corrected chi connectivity index (χ4v) is 1.93. The summed E-state index contributed by atoms with van der Waals surface area (Å²) in [5.41, 5.74) is 8.59. The Balaban J connectivity index is 2.41. The fraction of sp³-hybridized carbons (Fsp3) is 0.667. The van der Waals surface area contributed by atoms with E-state index in [1.165, 1.54) is 17.7 Å². The normalized spacial score (nSPS) is 22.3. The quantitative estimate of drug-likeness (QED) is 0.680. The van der Waals surface area contributed by atoms with E-state index >= 15 is 0 Å². The molecule has 1 aromatic rings. The van der Waals surface area contributed by atoms with Crippen LogP contribution in [0, 0.1) is 0 Å². The van der Waals surface area contributed by atoms with Crippen LogP contribution >= 0.6 is 0 Å². The number of nitrogens with zero attached hydrogens (tertiary/aromatic N) is 2. The van der Waals surface area contributed by atoms with Gasteiger partial charge in [0.2, 0.25) is 0 Å². The van der Waals surface area contributed by atoms with E-state index in [0.29, 0.717) is 0 Å². The molecule has 3 heteroatoms. The van der Waals surface area contributed by atoms with Crippen molar-refractivity contribution in [2.24, 2.45) is 5.73 Å². The number of fused-ring (bicyclic) bond motifs is 1. The minimum Gasteiger partial charge on any atom is -0.324 e. The summed E-state index contributed by atoms with van der Waals surface area (Å²) in [4.78, 5) is 0. The smallest absolute Gasteiger partial charge is 0.0540 e. The number of aromatic nitrogens is 2. The van der Waals surface area contributed by atoms with Crippen LogP contribution in [0.2, 0.25) is 0 Å². The number of aryl methyl sites for hydroxylation is 1. The molecule has 1 heterocycles. The zero-order valence-electron chi connectivity index (χ0n) is 7.45. The molecule has 0 unspecified atom stereocenters. The second-order valence-electron chi connectivity index (χ2n) is 3.36. The van der Waals surface area contributed by atoms with Crippen LogP contribution < -0.4 is 5.73 Å². The van der Waals surface area contributed by atoms with Gasteiger partial charge in [0.15, 0.2) is 0 Å². The predicted octanol–water partition coefficient (Wildman–Crippen LogP) is 1.24. The monoisotopic (exact) mass is 165 g/mol. The Bertz CT molecular complexity index is 277. The molecule has 0 saturated heterocycles. The van der Waals surface area contributed by atoms with Gasteiger partial charge >= 0.3 is 0 Å². The van der Waals surface area contributed by atoms with Gasteiger partial charge in [-0.25, -0.2) is 0 Å². The topological polar surface area (TPSA) is 43.8 Å². The molecule has 66 valence electrons. The van der Waals surface area contributed by atoms with Crippen molar-refractivity contribution in [2.75, 3.05) is 0 Å². The van der Waals surface area contributed by atoms with Gasteiger partial charge in [0.05, 0.1) is 6.20 Å². The molecule has 0 bridgehead atoms. The van der Waals surface area contributed by atoms with Crippen LogP contribution in [0.5, 0.6) is 0 Å². The third kappa shape index (κ3) is 1.05. The summed E-state index contributed by atoms with van der Waals surface area (Å²) in [5, 5.41) is 4.30. The van der Waals surface area contributed by atoms with Crippen molar-refractivity contribution in [3.8, 4) is 0 Å². The Kier molecular flexibility index (Phi) is 1.89. The summed E-state index contributed by atoms with van der Waals surface area (Å²) in [6, 6.07) is 0.231. The summed E-state index contributed by atoms with van der Waals surface area (Å²) >= 11 is 0. The lowest BCUT2D eigenvalue weighted by molar-refractivity contribution is 0.532. The van der Waals surface area contributed by atoms with Crippen LogP contribution in [0.4, 0.5) is 0 Å². The van der Waals surface area contributed by atoms with Gasteiger partial charge in [-0.3, -0.25) is 4.68 Å². The van der Waals surface area contributed by atoms with Crippen molar-refractivity contribution in [3.63, 3.8) is 0 Å². The van der Waals surface area contributed by atoms with Crippen LogP contribution in [-0.4, -0.2) is 9.78 Å². The maximum absolute atomic E-state index is 5.96. The van der Waals surface area contributed by atoms with Gasteiger partial charge in [-0.05, 0) is 26.2 Å². The average molecular weight is 165 g/mol. The maximum Gasteiger partial charge on any atom is 0.0540 e. The lowest BCUT2D eigenvalue weighted by atomic mass is 9.94. The lowest BCUT2D eigenvalue weighted by Crippen LogP contribution is -2.18. The highest BCUT2D eigenvalue weighted by Crippen LogP contribution is 2.27. The second-order valence-corrected chi connectivity index (χ2v) is 3.36. The highest BCUT2D eigenvalue weighted by molar-refractivity contribution is 5.24. The first-order valence-corrected chi connectivity index (χ1v) is 4.63. The molecule has 1 aliphatic carbocycles. The molecule has 0 saturated carbocycles. The van der Waals surface area contributed by atoms with Gasteiger partial charge in [-0.1, -0.05) is 0 Å². The minimum atomic E-state index is 0.231. The Morgan fingerprint density at radius 3 is 3.33 bits per heavy atom. The number of rotatable bonds is 1. The molecule has 0 fully saturated rings. The highest BCUT2D eigenvalue weighted by Gasteiger charge is 2.20. The summed E-state index contributed by atoms with van der Waals surface area (Å²) in [7, 11) is 0. The second kappa shape index (κ2) is 2.90. The first-order chi connectivity index (χ1) is 5.83. The van der Waals surface area contributed by atoms with Gasteiger partial charge < -0.3 is 5.73 Å². The van der Waals surface area contributed by atoms with Crippen LogP contribution in [0.1, 0.15) is 37.1 Å². The van der Waals surface area contributed by atoms with Gasteiger partial charge in [-0.2, -0.15) is 5.10 Å². The molecule has 2 rings (SSSR count). The molecule has 0 aliphatic heterocycles. The van der Waals surface area contributed by atoms with E-state index in [1.807, 2.05) is 6.20 Å². The molecule has 0 spiro atoms. The first kappa shape index (κ1) is 7.80. The largest absolute Gasteiger partial charge is 0.324 e. The average Bonchev–Trinajstić information content (AvgIpc) is 2.49. The Hall–Kier alpha value is -0.830. The summed E-state index contributed by atoms with van der Waals surface area (Å²) in [6.45, 7) is 3.08. The molecule has 3 nitrogen and oxygen atoms in total. The molecule has 2 N–H and O–H groups in total. The summed E-state index contributed by atoms with van der Waals surface area (Å²) in [5.74, 6) is 0. The third-order valence-electron chi connectivity index (χ3n) is 2.61. The van der Waals surface area contributed by atoms with Crippen molar-refractivity contribution in [1.82, 2.24) is 9.78 Å². The molecule has 12 heavy (non-hydrogen) atoms. The highest BCUT2D eigenvalue weighted by atomic mass is 15.3.